The summed E-state index contributed by atoms with van der Waals surface area (Å²) in [5.41, 5.74) is 0.432. The zero-order chi connectivity index (χ0) is 11.4. The number of ether oxygens (including phenoxy) is 1. The Balaban J connectivity index is 1.86. The maximum Gasteiger partial charge on any atom is 0.103 e. The summed E-state index contributed by atoms with van der Waals surface area (Å²) in [5.74, 6) is 0. The van der Waals surface area contributed by atoms with Crippen molar-refractivity contribution >= 4 is 0 Å². The van der Waals surface area contributed by atoms with Gasteiger partial charge in [-0.2, -0.15) is 0 Å². The smallest absolute Gasteiger partial charge is 0.103 e. The van der Waals surface area contributed by atoms with Crippen molar-refractivity contribution in [2.45, 2.75) is 25.0 Å². The van der Waals surface area contributed by atoms with Crippen molar-refractivity contribution in [1.82, 2.24) is 10.3 Å². The van der Waals surface area contributed by atoms with Crippen molar-refractivity contribution in [2.24, 2.45) is 0 Å². The Labute approximate surface area is 95.7 Å². The average molecular weight is 222 g/mol. The maximum absolute atomic E-state index is 10.1. The van der Waals surface area contributed by atoms with Crippen molar-refractivity contribution < 1.29 is 9.84 Å². The van der Waals surface area contributed by atoms with Crippen LogP contribution in [0.3, 0.4) is 0 Å². The zero-order valence-electron chi connectivity index (χ0n) is 9.52. The largest absolute Gasteiger partial charge is 0.386 e. The lowest BCUT2D eigenvalue weighted by atomic mass is 10.0. The first-order chi connectivity index (χ1) is 7.70. The van der Waals surface area contributed by atoms with Crippen molar-refractivity contribution in [3.8, 4) is 0 Å². The molecule has 1 aromatic rings. The van der Waals surface area contributed by atoms with Crippen LogP contribution in [0.4, 0.5) is 0 Å². The van der Waals surface area contributed by atoms with Crippen molar-refractivity contribution in [3.63, 3.8) is 0 Å². The third-order valence-electron chi connectivity index (χ3n) is 3.00. The highest BCUT2D eigenvalue weighted by atomic mass is 16.5. The van der Waals surface area contributed by atoms with E-state index in [4.69, 9.17) is 4.74 Å². The van der Waals surface area contributed by atoms with Gasteiger partial charge in [0, 0.05) is 38.0 Å². The number of aliphatic hydroxyl groups is 1. The second-order valence-electron chi connectivity index (χ2n) is 4.42. The topological polar surface area (TPSA) is 54.4 Å². The molecule has 1 fully saturated rings. The first-order valence-corrected chi connectivity index (χ1v) is 5.63. The van der Waals surface area contributed by atoms with Gasteiger partial charge < -0.3 is 15.2 Å². The number of hydrogen-bond donors (Lipinski definition) is 2. The summed E-state index contributed by atoms with van der Waals surface area (Å²) in [6, 6.07) is 4.14. The first kappa shape index (κ1) is 11.5. The third-order valence-corrected chi connectivity index (χ3v) is 3.00. The molecule has 2 heterocycles. The summed E-state index contributed by atoms with van der Waals surface area (Å²) in [7, 11) is 0. The van der Waals surface area contributed by atoms with E-state index in [9.17, 15) is 5.11 Å². The molecule has 2 rings (SSSR count). The van der Waals surface area contributed by atoms with E-state index in [0.29, 0.717) is 26.2 Å². The monoisotopic (exact) mass is 222 g/mol. The van der Waals surface area contributed by atoms with Gasteiger partial charge in [-0.15, -0.1) is 0 Å². The Bertz CT molecular complexity index is 323. The maximum atomic E-state index is 10.1. The number of nitrogens with one attached hydrogen (secondary N) is 1. The van der Waals surface area contributed by atoms with Crippen LogP contribution < -0.4 is 5.32 Å². The van der Waals surface area contributed by atoms with Gasteiger partial charge in [-0.25, -0.2) is 0 Å². The normalized spacial score (nSPS) is 26.9. The van der Waals surface area contributed by atoms with E-state index >= 15 is 0 Å². The van der Waals surface area contributed by atoms with E-state index in [1.807, 2.05) is 18.3 Å². The van der Waals surface area contributed by atoms with E-state index < -0.39 is 5.60 Å². The Kier molecular flexibility index (Phi) is 3.53. The molecule has 0 aliphatic carbocycles. The molecule has 0 saturated carbocycles. The van der Waals surface area contributed by atoms with Gasteiger partial charge in [-0.1, -0.05) is 6.07 Å². The minimum Gasteiger partial charge on any atom is -0.386 e. The summed E-state index contributed by atoms with van der Waals surface area (Å²) in [6.07, 6.45) is 4.31. The van der Waals surface area contributed by atoms with E-state index in [-0.39, 0.29) is 6.04 Å². The Morgan fingerprint density at radius 1 is 1.69 bits per heavy atom. The number of nitrogens with zero attached hydrogens (tertiary/aromatic N) is 1. The van der Waals surface area contributed by atoms with Crippen LogP contribution in [0.5, 0.6) is 0 Å². The summed E-state index contributed by atoms with van der Waals surface area (Å²) >= 11 is 0. The Morgan fingerprint density at radius 2 is 2.56 bits per heavy atom. The first-order valence-electron chi connectivity index (χ1n) is 5.63. The second kappa shape index (κ2) is 4.91. The predicted octanol–water partition coefficient (Wildman–Crippen LogP) is 0.884. The number of aromatic nitrogens is 1. The molecule has 1 saturated heterocycles. The van der Waals surface area contributed by atoms with Gasteiger partial charge in [0.1, 0.15) is 5.60 Å². The Morgan fingerprint density at radius 3 is 3.19 bits per heavy atom. The molecule has 0 amide bonds. The highest BCUT2D eigenvalue weighted by molar-refractivity contribution is 5.12. The van der Waals surface area contributed by atoms with Gasteiger partial charge in [-0.3, -0.25) is 4.98 Å². The predicted molar refractivity (Wildman–Crippen MR) is 61.0 cm³/mol. The third kappa shape index (κ3) is 2.78. The van der Waals surface area contributed by atoms with E-state index in [1.165, 1.54) is 0 Å². The van der Waals surface area contributed by atoms with Crippen LogP contribution in [-0.2, 0) is 4.74 Å². The fourth-order valence-electron chi connectivity index (χ4n) is 1.83. The highest BCUT2D eigenvalue weighted by Crippen LogP contribution is 2.19. The number of hydrogen-bond acceptors (Lipinski definition) is 4. The van der Waals surface area contributed by atoms with Crippen molar-refractivity contribution in [2.75, 3.05) is 19.8 Å². The summed E-state index contributed by atoms with van der Waals surface area (Å²) in [6.45, 7) is 3.71. The molecule has 4 heteroatoms. The fraction of sp³-hybridized carbons (Fsp3) is 0.583. The molecule has 88 valence electrons. The second-order valence-corrected chi connectivity index (χ2v) is 4.42. The molecule has 0 spiro atoms. The van der Waals surface area contributed by atoms with Gasteiger partial charge in [0.15, 0.2) is 0 Å². The van der Waals surface area contributed by atoms with Gasteiger partial charge in [0.05, 0.1) is 6.61 Å². The lowest BCUT2D eigenvalue weighted by molar-refractivity contribution is 0.0252. The van der Waals surface area contributed by atoms with Gasteiger partial charge in [-0.05, 0) is 18.6 Å². The van der Waals surface area contributed by atoms with Crippen LogP contribution in [-0.4, -0.2) is 35.5 Å². The molecule has 0 radical (unpaired) electrons. The molecule has 0 aromatic carbocycles. The molecular formula is C12H18N2O2. The molecule has 4 nitrogen and oxygen atoms in total. The van der Waals surface area contributed by atoms with E-state index in [2.05, 4.69) is 17.2 Å². The van der Waals surface area contributed by atoms with Crippen LogP contribution in [0.1, 0.15) is 24.9 Å². The fourth-order valence-corrected chi connectivity index (χ4v) is 1.83. The quantitative estimate of drug-likeness (QED) is 0.794. The number of rotatable bonds is 4. The van der Waals surface area contributed by atoms with Crippen molar-refractivity contribution in [3.05, 3.63) is 30.1 Å². The standard InChI is InChI=1S/C12H18N2O2/c1-10(11-3-2-5-13-7-11)14-8-12(15)4-6-16-9-12/h2-3,5,7,10,14-15H,4,6,8-9H2,1H3. The summed E-state index contributed by atoms with van der Waals surface area (Å²) in [4.78, 5) is 4.08. The van der Waals surface area contributed by atoms with Crippen LogP contribution in [0.2, 0.25) is 0 Å². The van der Waals surface area contributed by atoms with E-state index in [0.717, 1.165) is 5.56 Å². The van der Waals surface area contributed by atoms with Crippen LogP contribution >= 0.6 is 0 Å². The number of pyridine rings is 1. The lowest BCUT2D eigenvalue weighted by Gasteiger charge is -2.23. The minimum absolute atomic E-state index is 0.193. The molecule has 2 unspecified atom stereocenters. The van der Waals surface area contributed by atoms with Gasteiger partial charge in [0.2, 0.25) is 0 Å². The average Bonchev–Trinajstić information content (AvgIpc) is 2.75. The molecule has 0 bridgehead atoms. The van der Waals surface area contributed by atoms with Crippen LogP contribution in [0.15, 0.2) is 24.5 Å². The highest BCUT2D eigenvalue weighted by Gasteiger charge is 2.32. The summed E-state index contributed by atoms with van der Waals surface area (Å²) in [5, 5.41) is 13.4. The Hall–Kier alpha value is -0.970. The molecule has 1 aliphatic heterocycles. The van der Waals surface area contributed by atoms with Crippen LogP contribution in [0, 0.1) is 0 Å². The molecule has 1 aromatic heterocycles. The van der Waals surface area contributed by atoms with Gasteiger partial charge in [0.25, 0.3) is 0 Å². The lowest BCUT2D eigenvalue weighted by Crippen LogP contribution is -2.41. The van der Waals surface area contributed by atoms with E-state index in [1.54, 1.807) is 6.20 Å². The van der Waals surface area contributed by atoms with Gasteiger partial charge >= 0.3 is 0 Å². The zero-order valence-corrected chi connectivity index (χ0v) is 9.52. The molecule has 1 aliphatic rings. The SMILES string of the molecule is CC(NCC1(O)CCOC1)c1cccnc1. The summed E-state index contributed by atoms with van der Waals surface area (Å²) < 4.78 is 5.20. The molecule has 2 atom stereocenters. The molecule has 2 N–H and O–H groups in total. The van der Waals surface area contributed by atoms with Crippen molar-refractivity contribution in [1.29, 1.82) is 0 Å². The molecular weight excluding hydrogens is 204 g/mol. The van der Waals surface area contributed by atoms with Crippen LogP contribution in [0.25, 0.3) is 0 Å². The molecule has 16 heavy (non-hydrogen) atoms. The minimum atomic E-state index is -0.698.